The molecule has 0 fully saturated rings. The molecule has 86 valence electrons. The van der Waals surface area contributed by atoms with Crippen LogP contribution in [0.2, 0.25) is 0 Å². The van der Waals surface area contributed by atoms with E-state index in [1.807, 2.05) is 0 Å². The molecule has 2 heteroatoms. The SMILES string of the molecule is CC1=CCC(O)C(C)(C)/C1=C\CC(C)O. The zero-order chi connectivity index (χ0) is 11.6. The highest BCUT2D eigenvalue weighted by Crippen LogP contribution is 2.40. The zero-order valence-corrected chi connectivity index (χ0v) is 10.1. The molecule has 2 N–H and O–H groups in total. The van der Waals surface area contributed by atoms with Gasteiger partial charge >= 0.3 is 0 Å². The van der Waals surface area contributed by atoms with Gasteiger partial charge in [0, 0.05) is 5.41 Å². The van der Waals surface area contributed by atoms with Crippen LogP contribution >= 0.6 is 0 Å². The summed E-state index contributed by atoms with van der Waals surface area (Å²) < 4.78 is 0. The van der Waals surface area contributed by atoms with Crippen LogP contribution < -0.4 is 0 Å². The van der Waals surface area contributed by atoms with Crippen molar-refractivity contribution in [1.29, 1.82) is 0 Å². The van der Waals surface area contributed by atoms with Crippen LogP contribution in [0.25, 0.3) is 0 Å². The zero-order valence-electron chi connectivity index (χ0n) is 10.1. The Labute approximate surface area is 92.3 Å². The van der Waals surface area contributed by atoms with Crippen LogP contribution in [-0.4, -0.2) is 22.4 Å². The van der Waals surface area contributed by atoms with Crippen LogP contribution in [-0.2, 0) is 0 Å². The minimum absolute atomic E-state index is 0.201. The topological polar surface area (TPSA) is 40.5 Å². The van der Waals surface area contributed by atoms with Crippen molar-refractivity contribution in [3.63, 3.8) is 0 Å². The van der Waals surface area contributed by atoms with Crippen LogP contribution in [0.3, 0.4) is 0 Å². The molecule has 1 rings (SSSR count). The van der Waals surface area contributed by atoms with Gasteiger partial charge in [0.15, 0.2) is 0 Å². The van der Waals surface area contributed by atoms with Crippen molar-refractivity contribution >= 4 is 0 Å². The summed E-state index contributed by atoms with van der Waals surface area (Å²) in [7, 11) is 0. The molecule has 0 saturated heterocycles. The summed E-state index contributed by atoms with van der Waals surface area (Å²) >= 11 is 0. The second kappa shape index (κ2) is 4.50. The Morgan fingerprint density at radius 1 is 1.60 bits per heavy atom. The Balaban J connectivity index is 2.96. The van der Waals surface area contributed by atoms with E-state index in [2.05, 4.69) is 32.9 Å². The lowest BCUT2D eigenvalue weighted by molar-refractivity contribution is 0.0732. The first-order valence-electron chi connectivity index (χ1n) is 5.59. The molecular weight excluding hydrogens is 188 g/mol. The predicted octanol–water partition coefficient (Wildman–Crippen LogP) is 2.42. The van der Waals surface area contributed by atoms with Gasteiger partial charge in [-0.05, 0) is 32.3 Å². The highest BCUT2D eigenvalue weighted by molar-refractivity contribution is 5.38. The van der Waals surface area contributed by atoms with Crippen molar-refractivity contribution in [2.75, 3.05) is 0 Å². The van der Waals surface area contributed by atoms with Gasteiger partial charge in [-0.1, -0.05) is 31.6 Å². The number of allylic oxidation sites excluding steroid dienone is 1. The maximum Gasteiger partial charge on any atom is 0.0666 e. The fraction of sp³-hybridized carbons (Fsp3) is 0.692. The number of hydrogen-bond acceptors (Lipinski definition) is 2. The summed E-state index contributed by atoms with van der Waals surface area (Å²) in [6.45, 7) is 7.97. The number of hydrogen-bond donors (Lipinski definition) is 2. The molecule has 1 aliphatic rings. The summed E-state index contributed by atoms with van der Waals surface area (Å²) in [5, 5.41) is 19.2. The van der Waals surface area contributed by atoms with Crippen molar-refractivity contribution in [2.45, 2.75) is 52.7 Å². The van der Waals surface area contributed by atoms with Crippen molar-refractivity contribution < 1.29 is 10.2 Å². The molecule has 0 bridgehead atoms. The van der Waals surface area contributed by atoms with Gasteiger partial charge in [0.25, 0.3) is 0 Å². The van der Waals surface area contributed by atoms with E-state index < -0.39 is 0 Å². The van der Waals surface area contributed by atoms with Gasteiger partial charge in [0.1, 0.15) is 0 Å². The quantitative estimate of drug-likeness (QED) is 0.735. The average Bonchev–Trinajstić information content (AvgIpc) is 2.11. The van der Waals surface area contributed by atoms with Crippen LogP contribution in [0.4, 0.5) is 0 Å². The minimum atomic E-state index is -0.319. The summed E-state index contributed by atoms with van der Waals surface area (Å²) in [6, 6.07) is 0. The molecule has 0 saturated carbocycles. The first-order chi connectivity index (χ1) is 6.85. The highest BCUT2D eigenvalue weighted by Gasteiger charge is 2.34. The molecule has 0 aromatic rings. The standard InChI is InChI=1S/C13H22O2/c1-9-5-8-12(15)13(3,4)11(9)7-6-10(2)14/h5,7,10,12,14-15H,6,8H2,1-4H3/b11-7-. The van der Waals surface area contributed by atoms with E-state index in [9.17, 15) is 10.2 Å². The smallest absolute Gasteiger partial charge is 0.0666 e. The van der Waals surface area contributed by atoms with Crippen molar-refractivity contribution in [2.24, 2.45) is 5.41 Å². The van der Waals surface area contributed by atoms with E-state index >= 15 is 0 Å². The second-order valence-corrected chi connectivity index (χ2v) is 5.06. The summed E-state index contributed by atoms with van der Waals surface area (Å²) in [5.41, 5.74) is 2.20. The molecule has 0 aliphatic heterocycles. The van der Waals surface area contributed by atoms with Gasteiger partial charge in [0.2, 0.25) is 0 Å². The Bertz CT molecular complexity index is 285. The van der Waals surface area contributed by atoms with Crippen LogP contribution in [0.1, 0.15) is 40.5 Å². The lowest BCUT2D eigenvalue weighted by Crippen LogP contribution is -2.34. The number of aliphatic hydroxyl groups is 2. The first-order valence-corrected chi connectivity index (χ1v) is 5.59. The minimum Gasteiger partial charge on any atom is -0.393 e. The molecule has 2 nitrogen and oxygen atoms in total. The van der Waals surface area contributed by atoms with Gasteiger partial charge in [-0.2, -0.15) is 0 Å². The van der Waals surface area contributed by atoms with Gasteiger partial charge < -0.3 is 10.2 Å². The molecule has 2 atom stereocenters. The third kappa shape index (κ3) is 2.70. The molecule has 2 unspecified atom stereocenters. The normalized spacial score (nSPS) is 30.1. The Kier molecular flexibility index (Phi) is 3.74. The van der Waals surface area contributed by atoms with Crippen LogP contribution in [0, 0.1) is 5.41 Å². The fourth-order valence-electron chi connectivity index (χ4n) is 2.09. The van der Waals surface area contributed by atoms with E-state index in [1.54, 1.807) is 6.92 Å². The maximum absolute atomic E-state index is 9.94. The molecule has 0 aromatic carbocycles. The Hall–Kier alpha value is -0.600. The van der Waals surface area contributed by atoms with E-state index in [0.717, 1.165) is 6.42 Å². The molecule has 15 heavy (non-hydrogen) atoms. The lowest BCUT2D eigenvalue weighted by atomic mass is 9.71. The molecule has 0 radical (unpaired) electrons. The van der Waals surface area contributed by atoms with Crippen LogP contribution in [0.15, 0.2) is 23.3 Å². The summed E-state index contributed by atoms with van der Waals surface area (Å²) in [4.78, 5) is 0. The fourth-order valence-corrected chi connectivity index (χ4v) is 2.09. The van der Waals surface area contributed by atoms with Crippen molar-refractivity contribution in [3.8, 4) is 0 Å². The average molecular weight is 210 g/mol. The Morgan fingerprint density at radius 2 is 2.20 bits per heavy atom. The van der Waals surface area contributed by atoms with Crippen molar-refractivity contribution in [3.05, 3.63) is 23.3 Å². The van der Waals surface area contributed by atoms with Gasteiger partial charge in [-0.3, -0.25) is 0 Å². The van der Waals surface area contributed by atoms with Gasteiger partial charge in [-0.25, -0.2) is 0 Å². The van der Waals surface area contributed by atoms with E-state index in [0.29, 0.717) is 6.42 Å². The largest absolute Gasteiger partial charge is 0.393 e. The maximum atomic E-state index is 9.94. The van der Waals surface area contributed by atoms with E-state index in [-0.39, 0.29) is 17.6 Å². The summed E-state index contributed by atoms with van der Waals surface area (Å²) in [6.07, 6.45) is 4.87. The molecular formula is C13H22O2. The van der Waals surface area contributed by atoms with E-state index in [1.165, 1.54) is 11.1 Å². The monoisotopic (exact) mass is 210 g/mol. The third-order valence-electron chi connectivity index (χ3n) is 3.26. The molecule has 0 aromatic heterocycles. The number of rotatable bonds is 2. The summed E-state index contributed by atoms with van der Waals surface area (Å²) in [5.74, 6) is 0. The molecule has 0 amide bonds. The van der Waals surface area contributed by atoms with Gasteiger partial charge in [0.05, 0.1) is 12.2 Å². The lowest BCUT2D eigenvalue weighted by Gasteiger charge is -2.37. The van der Waals surface area contributed by atoms with Crippen molar-refractivity contribution in [1.82, 2.24) is 0 Å². The Morgan fingerprint density at radius 3 is 2.73 bits per heavy atom. The van der Waals surface area contributed by atoms with Gasteiger partial charge in [-0.15, -0.1) is 0 Å². The first kappa shape index (κ1) is 12.5. The molecule has 0 heterocycles. The molecule has 1 aliphatic carbocycles. The number of aliphatic hydroxyl groups excluding tert-OH is 2. The molecule has 0 spiro atoms. The third-order valence-corrected chi connectivity index (χ3v) is 3.26. The van der Waals surface area contributed by atoms with Crippen LogP contribution in [0.5, 0.6) is 0 Å². The highest BCUT2D eigenvalue weighted by atomic mass is 16.3. The predicted molar refractivity (Wildman–Crippen MR) is 62.5 cm³/mol. The second-order valence-electron chi connectivity index (χ2n) is 5.06. The van der Waals surface area contributed by atoms with E-state index in [4.69, 9.17) is 0 Å².